The number of carbonyl (C=O) groups is 1. The smallest absolute Gasteiger partial charge is 0.248 e. The summed E-state index contributed by atoms with van der Waals surface area (Å²) in [4.78, 5) is 13.5. The number of hydrogen-bond acceptors (Lipinski definition) is 4. The van der Waals surface area contributed by atoms with Gasteiger partial charge >= 0.3 is 0 Å². The van der Waals surface area contributed by atoms with E-state index in [2.05, 4.69) is 5.32 Å². The van der Waals surface area contributed by atoms with E-state index in [4.69, 9.17) is 4.74 Å². The third kappa shape index (κ3) is 4.21. The van der Waals surface area contributed by atoms with Crippen LogP contribution in [-0.4, -0.2) is 48.8 Å². The van der Waals surface area contributed by atoms with Crippen LogP contribution in [0.1, 0.15) is 18.4 Å². The zero-order chi connectivity index (χ0) is 14.4. The highest BCUT2D eigenvalue weighted by molar-refractivity contribution is 5.77. The highest BCUT2D eigenvalue weighted by Crippen LogP contribution is 2.13. The van der Waals surface area contributed by atoms with Crippen molar-refractivity contribution in [3.8, 4) is 5.75 Å². The second-order valence-electron chi connectivity index (χ2n) is 5.14. The number of methoxy groups -OCH3 is 1. The van der Waals surface area contributed by atoms with Gasteiger partial charge in [-0.2, -0.15) is 0 Å². The zero-order valence-corrected chi connectivity index (χ0v) is 11.8. The standard InChI is InChI=1S/C15H22N2O3/c1-20-11-15(19)17-8-6-13(7-9-17)16-10-12-2-4-14(18)5-3-12/h2-5,13,16,18H,6-11H2,1H3. The molecule has 0 atom stereocenters. The maximum absolute atomic E-state index is 11.7. The highest BCUT2D eigenvalue weighted by Gasteiger charge is 2.21. The van der Waals surface area contributed by atoms with Crippen molar-refractivity contribution in [3.63, 3.8) is 0 Å². The lowest BCUT2D eigenvalue weighted by Gasteiger charge is -2.32. The topological polar surface area (TPSA) is 61.8 Å². The Morgan fingerprint density at radius 2 is 2.00 bits per heavy atom. The Balaban J connectivity index is 1.72. The minimum absolute atomic E-state index is 0.0736. The molecule has 2 rings (SSSR count). The van der Waals surface area contributed by atoms with E-state index in [1.54, 1.807) is 19.2 Å². The van der Waals surface area contributed by atoms with Crippen LogP contribution in [0.5, 0.6) is 5.75 Å². The number of amides is 1. The second-order valence-corrected chi connectivity index (χ2v) is 5.14. The van der Waals surface area contributed by atoms with Crippen LogP contribution in [-0.2, 0) is 16.1 Å². The molecule has 0 unspecified atom stereocenters. The molecule has 1 saturated heterocycles. The summed E-state index contributed by atoms with van der Waals surface area (Å²) < 4.78 is 4.87. The fourth-order valence-electron chi connectivity index (χ4n) is 2.42. The molecular weight excluding hydrogens is 256 g/mol. The maximum atomic E-state index is 11.7. The fourth-order valence-corrected chi connectivity index (χ4v) is 2.42. The summed E-state index contributed by atoms with van der Waals surface area (Å²) in [5.74, 6) is 0.364. The average molecular weight is 278 g/mol. The lowest BCUT2D eigenvalue weighted by Crippen LogP contribution is -2.45. The third-order valence-electron chi connectivity index (χ3n) is 3.65. The van der Waals surface area contributed by atoms with Gasteiger partial charge in [0, 0.05) is 32.8 Å². The molecule has 1 aromatic rings. The largest absolute Gasteiger partial charge is 0.508 e. The Labute approximate surface area is 119 Å². The minimum atomic E-state index is 0.0736. The van der Waals surface area contributed by atoms with Gasteiger partial charge in [0.25, 0.3) is 0 Å². The van der Waals surface area contributed by atoms with Crippen LogP contribution >= 0.6 is 0 Å². The predicted octanol–water partition coefficient (Wildman–Crippen LogP) is 1.12. The van der Waals surface area contributed by atoms with Crippen molar-refractivity contribution in [2.24, 2.45) is 0 Å². The van der Waals surface area contributed by atoms with E-state index in [1.807, 2.05) is 17.0 Å². The first-order valence-corrected chi connectivity index (χ1v) is 6.97. The number of nitrogens with zero attached hydrogens (tertiary/aromatic N) is 1. The van der Waals surface area contributed by atoms with Gasteiger partial charge in [-0.25, -0.2) is 0 Å². The molecule has 0 aliphatic carbocycles. The number of likely N-dealkylation sites (tertiary alicyclic amines) is 1. The van der Waals surface area contributed by atoms with Crippen molar-refractivity contribution < 1.29 is 14.6 Å². The molecule has 1 aliphatic rings. The molecule has 1 aromatic carbocycles. The summed E-state index contributed by atoms with van der Waals surface area (Å²) in [6, 6.07) is 7.67. The quantitative estimate of drug-likeness (QED) is 0.847. The Hall–Kier alpha value is -1.59. The molecule has 1 fully saturated rings. The molecular formula is C15H22N2O3. The van der Waals surface area contributed by atoms with Gasteiger partial charge in [0.05, 0.1) is 0 Å². The predicted molar refractivity (Wildman–Crippen MR) is 76.4 cm³/mol. The molecule has 2 N–H and O–H groups in total. The molecule has 0 spiro atoms. The summed E-state index contributed by atoms with van der Waals surface area (Å²) in [5.41, 5.74) is 1.15. The van der Waals surface area contributed by atoms with Gasteiger partial charge in [-0.1, -0.05) is 12.1 Å². The van der Waals surface area contributed by atoms with Crippen molar-refractivity contribution >= 4 is 5.91 Å². The summed E-state index contributed by atoms with van der Waals surface area (Å²) in [6.07, 6.45) is 1.93. The first kappa shape index (κ1) is 14.8. The van der Waals surface area contributed by atoms with Crippen molar-refractivity contribution in [3.05, 3.63) is 29.8 Å². The van der Waals surface area contributed by atoms with Gasteiger partial charge in [-0.15, -0.1) is 0 Å². The van der Waals surface area contributed by atoms with E-state index in [-0.39, 0.29) is 12.5 Å². The number of nitrogens with one attached hydrogen (secondary N) is 1. The van der Waals surface area contributed by atoms with E-state index in [0.29, 0.717) is 11.8 Å². The number of ether oxygens (including phenoxy) is 1. The molecule has 5 heteroatoms. The normalized spacial score (nSPS) is 16.4. The van der Waals surface area contributed by atoms with Gasteiger partial charge < -0.3 is 20.1 Å². The van der Waals surface area contributed by atoms with Gasteiger partial charge in [-0.05, 0) is 30.5 Å². The van der Waals surface area contributed by atoms with Gasteiger partial charge in [0.2, 0.25) is 5.91 Å². The Kier molecular flexibility index (Phi) is 5.38. The summed E-state index contributed by atoms with van der Waals surface area (Å²) in [6.45, 7) is 2.54. The van der Waals surface area contributed by atoms with E-state index < -0.39 is 0 Å². The van der Waals surface area contributed by atoms with Crippen molar-refractivity contribution in [1.29, 1.82) is 0 Å². The van der Waals surface area contributed by atoms with Crippen LogP contribution in [0.2, 0.25) is 0 Å². The van der Waals surface area contributed by atoms with Gasteiger partial charge in [0.1, 0.15) is 12.4 Å². The van der Waals surface area contributed by atoms with Crippen LogP contribution in [0.4, 0.5) is 0 Å². The van der Waals surface area contributed by atoms with E-state index in [1.165, 1.54) is 0 Å². The minimum Gasteiger partial charge on any atom is -0.508 e. The average Bonchev–Trinajstić information content (AvgIpc) is 2.47. The van der Waals surface area contributed by atoms with Crippen LogP contribution in [0, 0.1) is 0 Å². The first-order chi connectivity index (χ1) is 9.69. The number of piperidine rings is 1. The molecule has 20 heavy (non-hydrogen) atoms. The van der Waals surface area contributed by atoms with Crippen LogP contribution in [0.25, 0.3) is 0 Å². The fraction of sp³-hybridized carbons (Fsp3) is 0.533. The molecule has 0 bridgehead atoms. The molecule has 0 saturated carbocycles. The number of benzene rings is 1. The van der Waals surface area contributed by atoms with Crippen LogP contribution < -0.4 is 5.32 Å². The van der Waals surface area contributed by atoms with Crippen molar-refractivity contribution in [2.45, 2.75) is 25.4 Å². The van der Waals surface area contributed by atoms with Crippen molar-refractivity contribution in [2.75, 3.05) is 26.8 Å². The molecule has 1 aliphatic heterocycles. The highest BCUT2D eigenvalue weighted by atomic mass is 16.5. The Bertz CT molecular complexity index is 425. The summed E-state index contributed by atoms with van der Waals surface area (Å²) in [7, 11) is 1.55. The molecule has 110 valence electrons. The number of rotatable bonds is 5. The molecule has 1 amide bonds. The lowest BCUT2D eigenvalue weighted by atomic mass is 10.0. The van der Waals surface area contributed by atoms with Gasteiger partial charge in [0.15, 0.2) is 0 Å². The van der Waals surface area contributed by atoms with E-state index >= 15 is 0 Å². The number of hydrogen-bond donors (Lipinski definition) is 2. The van der Waals surface area contributed by atoms with E-state index in [0.717, 1.165) is 38.0 Å². The molecule has 5 nitrogen and oxygen atoms in total. The van der Waals surface area contributed by atoms with Gasteiger partial charge in [-0.3, -0.25) is 4.79 Å². The molecule has 1 heterocycles. The Morgan fingerprint density at radius 1 is 1.35 bits per heavy atom. The maximum Gasteiger partial charge on any atom is 0.248 e. The number of aromatic hydroxyl groups is 1. The number of phenols is 1. The summed E-state index contributed by atoms with van der Waals surface area (Å²) in [5, 5.41) is 12.7. The first-order valence-electron chi connectivity index (χ1n) is 6.97. The zero-order valence-electron chi connectivity index (χ0n) is 11.8. The Morgan fingerprint density at radius 3 is 2.60 bits per heavy atom. The van der Waals surface area contributed by atoms with Crippen LogP contribution in [0.15, 0.2) is 24.3 Å². The lowest BCUT2D eigenvalue weighted by molar-refractivity contribution is -0.136. The number of phenolic OH excluding ortho intramolecular Hbond substituents is 1. The second kappa shape index (κ2) is 7.26. The SMILES string of the molecule is COCC(=O)N1CCC(NCc2ccc(O)cc2)CC1. The third-order valence-corrected chi connectivity index (χ3v) is 3.65. The van der Waals surface area contributed by atoms with E-state index in [9.17, 15) is 9.90 Å². The summed E-state index contributed by atoms with van der Waals surface area (Å²) >= 11 is 0. The molecule has 0 radical (unpaired) electrons. The van der Waals surface area contributed by atoms with Crippen molar-refractivity contribution in [1.82, 2.24) is 10.2 Å². The number of carbonyl (C=O) groups excluding carboxylic acids is 1. The molecule has 0 aromatic heterocycles. The van der Waals surface area contributed by atoms with Crippen LogP contribution in [0.3, 0.4) is 0 Å². The monoisotopic (exact) mass is 278 g/mol.